The molecule has 1 aliphatic carbocycles. The largest absolute Gasteiger partial charge is 0.497 e. The van der Waals surface area contributed by atoms with Gasteiger partial charge in [0.1, 0.15) is 5.75 Å². The third-order valence-electron chi connectivity index (χ3n) is 8.63. The lowest BCUT2D eigenvalue weighted by Crippen LogP contribution is -2.42. The number of rotatable bonds is 7. The van der Waals surface area contributed by atoms with Gasteiger partial charge in [0.05, 0.1) is 18.2 Å². The van der Waals surface area contributed by atoms with Crippen LogP contribution in [0.1, 0.15) is 79.4 Å². The first-order valence-corrected chi connectivity index (χ1v) is 15.5. The van der Waals surface area contributed by atoms with Crippen LogP contribution >= 0.6 is 31.9 Å². The first-order valence-electron chi connectivity index (χ1n) is 13.9. The van der Waals surface area contributed by atoms with Gasteiger partial charge in [-0.1, -0.05) is 54.5 Å². The number of likely N-dealkylation sites (tertiary alicyclic amines) is 1. The van der Waals surface area contributed by atoms with Crippen LogP contribution in [0.3, 0.4) is 0 Å². The second-order valence-electron chi connectivity index (χ2n) is 10.9. The molecule has 5 rings (SSSR count). The fourth-order valence-corrected chi connectivity index (χ4v) is 7.85. The number of benzene rings is 2. The Hall–Kier alpha value is -1.63. The molecule has 1 atom stereocenters. The summed E-state index contributed by atoms with van der Waals surface area (Å²) in [6.45, 7) is 4.34. The molecule has 0 spiro atoms. The molecule has 37 heavy (non-hydrogen) atoms. The van der Waals surface area contributed by atoms with E-state index >= 15 is 0 Å². The lowest BCUT2D eigenvalue weighted by atomic mass is 9.82. The Morgan fingerprint density at radius 2 is 1.78 bits per heavy atom. The van der Waals surface area contributed by atoms with Crippen molar-refractivity contribution in [2.45, 2.75) is 77.2 Å². The van der Waals surface area contributed by atoms with Crippen LogP contribution in [0.5, 0.6) is 5.75 Å². The van der Waals surface area contributed by atoms with Crippen molar-refractivity contribution in [1.82, 2.24) is 9.47 Å². The Morgan fingerprint density at radius 1 is 1.00 bits per heavy atom. The van der Waals surface area contributed by atoms with Crippen LogP contribution in [-0.4, -0.2) is 41.6 Å². The SMILES string of the molecule is COc1ccc2c(c1)c(CCN1CCCCC1CC1CCCCC1)c(C)n2C(=O)c1ccc(Br)cc1Br. The highest BCUT2D eigenvalue weighted by molar-refractivity contribution is 9.11. The number of ether oxygens (including phenoxy) is 1. The molecule has 0 N–H and O–H groups in total. The number of halogens is 2. The van der Waals surface area contributed by atoms with Gasteiger partial charge in [0.2, 0.25) is 0 Å². The van der Waals surface area contributed by atoms with Gasteiger partial charge in [-0.05, 0) is 103 Å². The van der Waals surface area contributed by atoms with E-state index in [0.29, 0.717) is 11.6 Å². The van der Waals surface area contributed by atoms with E-state index in [4.69, 9.17) is 4.74 Å². The first kappa shape index (κ1) is 27.0. The summed E-state index contributed by atoms with van der Waals surface area (Å²) in [6.07, 6.45) is 13.4. The van der Waals surface area contributed by atoms with Gasteiger partial charge >= 0.3 is 0 Å². The van der Waals surface area contributed by atoms with E-state index in [1.807, 2.05) is 34.9 Å². The predicted octanol–water partition coefficient (Wildman–Crippen LogP) is 8.54. The van der Waals surface area contributed by atoms with Crippen LogP contribution in [0.4, 0.5) is 0 Å². The van der Waals surface area contributed by atoms with Crippen molar-refractivity contribution in [3.63, 3.8) is 0 Å². The number of piperidine rings is 1. The highest BCUT2D eigenvalue weighted by Crippen LogP contribution is 2.34. The van der Waals surface area contributed by atoms with Crippen molar-refractivity contribution in [2.24, 2.45) is 5.92 Å². The molecule has 3 aromatic rings. The van der Waals surface area contributed by atoms with E-state index in [1.165, 1.54) is 69.9 Å². The Bertz CT molecular complexity index is 1260. The van der Waals surface area contributed by atoms with E-state index < -0.39 is 0 Å². The molecular weight excluding hydrogens is 592 g/mol. The molecule has 1 saturated heterocycles. The minimum Gasteiger partial charge on any atom is -0.497 e. The molecule has 198 valence electrons. The van der Waals surface area contributed by atoms with E-state index in [9.17, 15) is 4.79 Å². The molecule has 2 aliphatic rings. The minimum atomic E-state index is -0.00793. The van der Waals surface area contributed by atoms with E-state index in [1.54, 1.807) is 7.11 Å². The zero-order chi connectivity index (χ0) is 25.9. The van der Waals surface area contributed by atoms with E-state index in [2.05, 4.69) is 49.7 Å². The lowest BCUT2D eigenvalue weighted by Gasteiger charge is -2.38. The summed E-state index contributed by atoms with van der Waals surface area (Å²) in [6, 6.07) is 12.5. The summed E-state index contributed by atoms with van der Waals surface area (Å²) >= 11 is 7.11. The summed E-state index contributed by atoms with van der Waals surface area (Å²) in [5.41, 5.74) is 3.90. The molecular formula is C31H38Br2N2O2. The van der Waals surface area contributed by atoms with Crippen molar-refractivity contribution in [2.75, 3.05) is 20.2 Å². The average Bonchev–Trinajstić information content (AvgIpc) is 3.18. The van der Waals surface area contributed by atoms with Crippen molar-refractivity contribution in [1.29, 1.82) is 0 Å². The molecule has 1 unspecified atom stereocenters. The monoisotopic (exact) mass is 628 g/mol. The van der Waals surface area contributed by atoms with Crippen LogP contribution in [-0.2, 0) is 6.42 Å². The quantitative estimate of drug-likeness (QED) is 0.263. The number of nitrogens with zero attached hydrogens (tertiary/aromatic N) is 2. The molecule has 1 aliphatic heterocycles. The maximum Gasteiger partial charge on any atom is 0.263 e. The number of aromatic nitrogens is 1. The average molecular weight is 630 g/mol. The highest BCUT2D eigenvalue weighted by Gasteiger charge is 2.27. The van der Waals surface area contributed by atoms with Crippen molar-refractivity contribution < 1.29 is 9.53 Å². The summed E-state index contributed by atoms with van der Waals surface area (Å²) in [4.78, 5) is 16.6. The smallest absolute Gasteiger partial charge is 0.263 e. The van der Waals surface area contributed by atoms with Gasteiger partial charge in [0.25, 0.3) is 5.91 Å². The molecule has 0 radical (unpaired) electrons. The van der Waals surface area contributed by atoms with Gasteiger partial charge in [0, 0.05) is 32.6 Å². The van der Waals surface area contributed by atoms with Crippen molar-refractivity contribution >= 4 is 48.7 Å². The van der Waals surface area contributed by atoms with Crippen molar-refractivity contribution in [3.8, 4) is 5.75 Å². The first-order chi connectivity index (χ1) is 18.0. The van der Waals surface area contributed by atoms with Gasteiger partial charge in [0.15, 0.2) is 0 Å². The fourth-order valence-electron chi connectivity index (χ4n) is 6.63. The normalized spacial score (nSPS) is 19.4. The number of methoxy groups -OCH3 is 1. The molecule has 4 nitrogen and oxygen atoms in total. The zero-order valence-corrected chi connectivity index (χ0v) is 25.2. The summed E-state index contributed by atoms with van der Waals surface area (Å²) < 4.78 is 9.22. The van der Waals surface area contributed by atoms with E-state index in [-0.39, 0.29) is 5.91 Å². The van der Waals surface area contributed by atoms with Crippen LogP contribution in [0.25, 0.3) is 10.9 Å². The number of carbonyl (C=O) groups excluding carboxylic acids is 1. The third-order valence-corrected chi connectivity index (χ3v) is 9.78. The number of hydrogen-bond acceptors (Lipinski definition) is 3. The molecule has 1 saturated carbocycles. The predicted molar refractivity (Wildman–Crippen MR) is 159 cm³/mol. The summed E-state index contributed by atoms with van der Waals surface area (Å²) in [5.74, 6) is 1.73. The maximum absolute atomic E-state index is 13.8. The number of fused-ring (bicyclic) bond motifs is 1. The molecule has 1 aromatic heterocycles. The summed E-state index contributed by atoms with van der Waals surface area (Å²) in [7, 11) is 1.71. The van der Waals surface area contributed by atoms with E-state index in [0.717, 1.165) is 50.2 Å². The standard InChI is InChI=1S/C31H38Br2N2O2/c1-21-26(15-17-34-16-7-6-10-24(34)18-22-8-4-3-5-9-22)28-20-25(37-2)12-14-30(28)35(21)31(36)27-13-11-23(32)19-29(27)33/h11-14,19-20,22,24H,3-10,15-18H2,1-2H3. The lowest BCUT2D eigenvalue weighted by molar-refractivity contribution is 0.0961. The van der Waals surface area contributed by atoms with Crippen molar-refractivity contribution in [3.05, 3.63) is 62.2 Å². The molecule has 0 bridgehead atoms. The Kier molecular flexibility index (Phi) is 8.78. The fraction of sp³-hybridized carbons (Fsp3) is 0.516. The number of carbonyl (C=O) groups is 1. The zero-order valence-electron chi connectivity index (χ0n) is 22.1. The van der Waals surface area contributed by atoms with Crippen LogP contribution < -0.4 is 4.74 Å². The van der Waals surface area contributed by atoms with Gasteiger partial charge < -0.3 is 9.64 Å². The summed E-state index contributed by atoms with van der Waals surface area (Å²) in [5, 5.41) is 1.12. The molecule has 2 heterocycles. The minimum absolute atomic E-state index is 0.00793. The van der Waals surface area contributed by atoms with Crippen LogP contribution in [0.15, 0.2) is 45.3 Å². The van der Waals surface area contributed by atoms with Crippen LogP contribution in [0.2, 0.25) is 0 Å². The molecule has 2 aromatic carbocycles. The molecule has 0 amide bonds. The maximum atomic E-state index is 13.8. The van der Waals surface area contributed by atoms with Gasteiger partial charge in [-0.2, -0.15) is 0 Å². The van der Waals surface area contributed by atoms with Crippen LogP contribution in [0, 0.1) is 12.8 Å². The second-order valence-corrected chi connectivity index (χ2v) is 12.7. The third kappa shape index (κ3) is 5.86. The van der Waals surface area contributed by atoms with Gasteiger partial charge in [-0.25, -0.2) is 0 Å². The molecule has 2 fully saturated rings. The number of hydrogen-bond donors (Lipinski definition) is 0. The Morgan fingerprint density at radius 3 is 2.54 bits per heavy atom. The highest BCUT2D eigenvalue weighted by atomic mass is 79.9. The Labute approximate surface area is 238 Å². The topological polar surface area (TPSA) is 34.5 Å². The van der Waals surface area contributed by atoms with Gasteiger partial charge in [-0.3, -0.25) is 9.36 Å². The molecule has 6 heteroatoms. The van der Waals surface area contributed by atoms with Gasteiger partial charge in [-0.15, -0.1) is 0 Å². The Balaban J connectivity index is 1.44. The second kappa shape index (κ2) is 12.0.